The van der Waals surface area contributed by atoms with Gasteiger partial charge in [0.25, 0.3) is 6.08 Å². The lowest BCUT2D eigenvalue weighted by Gasteiger charge is -2.32. The molecule has 3 aliphatic rings. The molecular weight excluding hydrogens is 724 g/mol. The lowest BCUT2D eigenvalue weighted by molar-refractivity contribution is 0.107. The molecule has 52 heavy (non-hydrogen) atoms. The number of aliphatic hydroxyl groups excluding tert-OH is 1. The first-order chi connectivity index (χ1) is 24.9. The van der Waals surface area contributed by atoms with Crippen LogP contribution in [0.1, 0.15) is 36.5 Å². The number of rotatable bonds is 6. The zero-order valence-corrected chi connectivity index (χ0v) is 29.0. The molecule has 3 aliphatic heterocycles. The van der Waals surface area contributed by atoms with Gasteiger partial charge in [-0.1, -0.05) is 17.7 Å². The van der Waals surface area contributed by atoms with Crippen molar-refractivity contribution >= 4 is 60.6 Å². The number of nitrogens with two attached hydrogens (primary N) is 2. The number of pyridine rings is 1. The summed E-state index contributed by atoms with van der Waals surface area (Å²) in [4.78, 5) is 16.7. The molecule has 6 heterocycles. The van der Waals surface area contributed by atoms with E-state index in [2.05, 4.69) is 15.0 Å². The summed E-state index contributed by atoms with van der Waals surface area (Å²) in [7, 11) is 1.63. The van der Waals surface area contributed by atoms with Gasteiger partial charge in [-0.3, -0.25) is 4.90 Å². The summed E-state index contributed by atoms with van der Waals surface area (Å²) in [6, 6.07) is 6.44. The van der Waals surface area contributed by atoms with E-state index in [1.807, 2.05) is 11.0 Å². The van der Waals surface area contributed by atoms with E-state index in [1.54, 1.807) is 18.0 Å². The van der Waals surface area contributed by atoms with Crippen molar-refractivity contribution in [1.29, 1.82) is 5.26 Å². The van der Waals surface area contributed by atoms with Crippen LogP contribution in [-0.4, -0.2) is 69.9 Å². The molecule has 17 heteroatoms. The number of hydrogen-bond acceptors (Lipinski definition) is 12. The molecule has 0 spiro atoms. The molecule has 2 aromatic carbocycles. The molecule has 0 saturated carbocycles. The number of halogens is 5. The topological polar surface area (TPSA) is 160 Å². The van der Waals surface area contributed by atoms with Crippen molar-refractivity contribution in [2.45, 2.75) is 36.9 Å². The van der Waals surface area contributed by atoms with Crippen LogP contribution in [0.3, 0.4) is 0 Å². The highest BCUT2D eigenvalue weighted by Gasteiger charge is 2.48. The molecule has 2 saturated heterocycles. The van der Waals surface area contributed by atoms with E-state index in [0.717, 1.165) is 23.8 Å². The minimum Gasteiger partial charge on any atom is -0.489 e. The van der Waals surface area contributed by atoms with Crippen LogP contribution in [0, 0.1) is 23.0 Å². The maximum atomic E-state index is 17.2. The average molecular weight is 753 g/mol. The maximum absolute atomic E-state index is 17.2. The van der Waals surface area contributed by atoms with Crippen LogP contribution in [0.2, 0.25) is 5.02 Å². The van der Waals surface area contributed by atoms with Gasteiger partial charge in [-0.05, 0) is 55.1 Å². The molecule has 2 unspecified atom stereocenters. The fourth-order valence-corrected chi connectivity index (χ4v) is 9.00. The third kappa shape index (κ3) is 5.25. The molecular formula is C35H29ClF4N8O3S. The van der Waals surface area contributed by atoms with Gasteiger partial charge in [0.1, 0.15) is 53.4 Å². The summed E-state index contributed by atoms with van der Waals surface area (Å²) in [5.74, 6) is -1.33. The van der Waals surface area contributed by atoms with Crippen molar-refractivity contribution in [1.82, 2.24) is 19.9 Å². The maximum Gasteiger partial charge on any atom is 0.319 e. The number of aliphatic hydroxyl groups is 1. The van der Waals surface area contributed by atoms with Gasteiger partial charge >= 0.3 is 6.01 Å². The number of nitrogens with zero attached hydrogens (tertiary/aromatic N) is 6. The van der Waals surface area contributed by atoms with Gasteiger partial charge in [-0.2, -0.15) is 24.0 Å². The van der Waals surface area contributed by atoms with Gasteiger partial charge in [-0.25, -0.2) is 13.8 Å². The number of fused-ring (bicyclic) bond motifs is 2. The molecule has 8 rings (SSSR count). The minimum absolute atomic E-state index is 0.0193. The second kappa shape index (κ2) is 12.6. The molecule has 3 aromatic heterocycles. The molecule has 5 N–H and O–H groups in total. The van der Waals surface area contributed by atoms with E-state index >= 15 is 8.78 Å². The summed E-state index contributed by atoms with van der Waals surface area (Å²) in [6.45, 7) is 0.512. The highest BCUT2D eigenvalue weighted by Crippen LogP contribution is 2.51. The summed E-state index contributed by atoms with van der Waals surface area (Å²) in [5, 5.41) is 21.5. The Morgan fingerprint density at radius 1 is 1.25 bits per heavy atom. The number of nitriles is 1. The van der Waals surface area contributed by atoms with Crippen molar-refractivity contribution in [2.24, 2.45) is 0 Å². The van der Waals surface area contributed by atoms with Crippen molar-refractivity contribution in [3.8, 4) is 29.0 Å². The van der Waals surface area contributed by atoms with Crippen LogP contribution in [-0.2, 0) is 0 Å². The van der Waals surface area contributed by atoms with Crippen LogP contribution in [0.5, 0.6) is 11.8 Å². The molecule has 0 radical (unpaired) electrons. The third-order valence-electron chi connectivity index (χ3n) is 10.3. The van der Waals surface area contributed by atoms with Gasteiger partial charge in [0.2, 0.25) is 0 Å². The lowest BCUT2D eigenvalue weighted by Crippen LogP contribution is -2.43. The molecule has 0 aliphatic carbocycles. The first-order valence-electron chi connectivity index (χ1n) is 16.2. The van der Waals surface area contributed by atoms with Crippen LogP contribution in [0.4, 0.5) is 34.2 Å². The fraction of sp³-hybridized carbons (Fsp3) is 0.314. The summed E-state index contributed by atoms with van der Waals surface area (Å²) < 4.78 is 72.2. The Bertz CT molecular complexity index is 2380. The number of aromatic nitrogens is 3. The summed E-state index contributed by atoms with van der Waals surface area (Å²) >= 11 is 7.86. The second-order valence-corrected chi connectivity index (χ2v) is 14.6. The normalized spacial score (nSPS) is 20.5. The SMILES string of the molecule is CN1c2nc(OC[C@@]34CCCN3CC(=C(F)F)C4)nc3c(F)c(-c4ccc(F)c5sc(N)c(C#N)c45)c(Cl)c(c23)OCC1C(O)c1ccnc(N)c1. The molecule has 2 fully saturated rings. The standard InChI is InChI=1S/C35H29ClF4N8O3S/c1-47-20(28(49)15-5-7-44-21(42)9-15)13-50-29-24-27(26(38)23(25(29)36)17-3-4-19(37)30-22(17)18(11-41)32(43)52-30)45-34(46-33(24)47)51-14-35-6-2-8-48(35)12-16(10-35)31(39)40/h3-5,7,9,20,28,49H,2,6,8,10,12-14,43H2,1H3,(H2,42,44)/t20?,28?,35-/m0/s1. The summed E-state index contributed by atoms with van der Waals surface area (Å²) in [6.07, 6.45) is 0.0304. The first-order valence-corrected chi connectivity index (χ1v) is 17.4. The minimum atomic E-state index is -1.71. The monoisotopic (exact) mass is 752 g/mol. The lowest BCUT2D eigenvalue weighted by atomic mass is 9.94. The number of thiophene rings is 1. The number of ether oxygens (including phenoxy) is 2. The number of likely N-dealkylation sites (N-methyl/N-ethyl adjacent to an activating group) is 1. The molecule has 0 bridgehead atoms. The van der Waals surface area contributed by atoms with Crippen molar-refractivity contribution in [3.05, 3.63) is 69.9 Å². The fourth-order valence-electron chi connectivity index (χ4n) is 7.71. The quantitative estimate of drug-likeness (QED) is 0.161. The van der Waals surface area contributed by atoms with E-state index in [-0.39, 0.29) is 103 Å². The van der Waals surface area contributed by atoms with Gasteiger partial charge in [-0.15, -0.1) is 11.3 Å². The second-order valence-electron chi connectivity index (χ2n) is 13.2. The van der Waals surface area contributed by atoms with Crippen LogP contribution >= 0.6 is 22.9 Å². The highest BCUT2D eigenvalue weighted by molar-refractivity contribution is 7.23. The Balaban J connectivity index is 1.32. The zero-order chi connectivity index (χ0) is 36.6. The van der Waals surface area contributed by atoms with E-state index in [0.29, 0.717) is 18.5 Å². The Kier molecular flexibility index (Phi) is 8.29. The van der Waals surface area contributed by atoms with Crippen molar-refractivity contribution < 1.29 is 32.1 Å². The molecule has 0 amide bonds. The number of anilines is 3. The van der Waals surface area contributed by atoms with E-state index in [9.17, 15) is 19.1 Å². The zero-order valence-electron chi connectivity index (χ0n) is 27.4. The molecule has 5 aromatic rings. The predicted molar refractivity (Wildman–Crippen MR) is 189 cm³/mol. The van der Waals surface area contributed by atoms with E-state index in [1.165, 1.54) is 18.3 Å². The number of benzene rings is 2. The Morgan fingerprint density at radius 2 is 2.06 bits per heavy atom. The smallest absolute Gasteiger partial charge is 0.319 e. The Hall–Kier alpha value is -4.95. The Labute approximate surface area is 302 Å². The van der Waals surface area contributed by atoms with Gasteiger partial charge in [0, 0.05) is 36.3 Å². The number of hydrogen-bond donors (Lipinski definition) is 3. The van der Waals surface area contributed by atoms with E-state index < -0.39 is 35.4 Å². The largest absolute Gasteiger partial charge is 0.489 e. The van der Waals surface area contributed by atoms with Crippen LogP contribution < -0.4 is 25.8 Å². The average Bonchev–Trinajstić information content (AvgIpc) is 3.76. The summed E-state index contributed by atoms with van der Waals surface area (Å²) in [5.41, 5.74) is 11.3. The third-order valence-corrected chi connectivity index (χ3v) is 11.7. The molecule has 11 nitrogen and oxygen atoms in total. The highest BCUT2D eigenvalue weighted by atomic mass is 35.5. The van der Waals surface area contributed by atoms with Gasteiger partial charge in [0.15, 0.2) is 11.6 Å². The number of nitrogen functional groups attached to an aromatic ring is 2. The van der Waals surface area contributed by atoms with Gasteiger partial charge < -0.3 is 30.9 Å². The molecule has 268 valence electrons. The van der Waals surface area contributed by atoms with Crippen molar-refractivity contribution in [2.75, 3.05) is 49.7 Å². The van der Waals surface area contributed by atoms with Crippen LogP contribution in [0.25, 0.3) is 32.1 Å². The van der Waals surface area contributed by atoms with Crippen LogP contribution in [0.15, 0.2) is 42.1 Å². The van der Waals surface area contributed by atoms with E-state index in [4.69, 9.17) is 32.5 Å². The first kappa shape index (κ1) is 34.2. The van der Waals surface area contributed by atoms with Crippen molar-refractivity contribution in [3.63, 3.8) is 0 Å². The van der Waals surface area contributed by atoms with Gasteiger partial charge in [0.05, 0.1) is 32.3 Å². The predicted octanol–water partition coefficient (Wildman–Crippen LogP) is 6.57. The molecule has 3 atom stereocenters. The Morgan fingerprint density at radius 3 is 2.81 bits per heavy atom.